The van der Waals surface area contributed by atoms with Gasteiger partial charge in [0.25, 0.3) is 0 Å². The number of aryl methyl sites for hydroxylation is 1. The molecule has 1 aromatic heterocycles. The molecule has 26 heavy (non-hydrogen) atoms. The molecular formula is C21H20O5. The zero-order valence-corrected chi connectivity index (χ0v) is 14.8. The maximum absolute atomic E-state index is 12.0. The van der Waals surface area contributed by atoms with Crippen LogP contribution in [0.25, 0.3) is 11.0 Å². The lowest BCUT2D eigenvalue weighted by molar-refractivity contribution is -0.147. The van der Waals surface area contributed by atoms with Gasteiger partial charge in [0.05, 0.1) is 0 Å². The summed E-state index contributed by atoms with van der Waals surface area (Å²) < 4.78 is 16.0. The Balaban J connectivity index is 1.65. The number of fused-ring (bicyclic) bond motifs is 1. The van der Waals surface area contributed by atoms with Crippen LogP contribution in [0.1, 0.15) is 23.6 Å². The van der Waals surface area contributed by atoms with Gasteiger partial charge in [0, 0.05) is 17.0 Å². The van der Waals surface area contributed by atoms with Gasteiger partial charge in [-0.25, -0.2) is 9.59 Å². The van der Waals surface area contributed by atoms with Crippen molar-refractivity contribution in [3.05, 3.63) is 75.6 Å². The second kappa shape index (κ2) is 7.87. The first kappa shape index (κ1) is 17.7. The lowest BCUT2D eigenvalue weighted by Gasteiger charge is -2.09. The van der Waals surface area contributed by atoms with Crippen LogP contribution in [0.2, 0.25) is 0 Å². The van der Waals surface area contributed by atoms with Crippen molar-refractivity contribution in [2.24, 2.45) is 0 Å². The SMILES string of the molecule is CCc1c(C)c2ccc(OCC(=O)OCc3ccccc3)cc2oc1=O. The van der Waals surface area contributed by atoms with Crippen LogP contribution >= 0.6 is 0 Å². The van der Waals surface area contributed by atoms with Gasteiger partial charge in [-0.2, -0.15) is 0 Å². The normalized spacial score (nSPS) is 10.7. The summed E-state index contributed by atoms with van der Waals surface area (Å²) in [5.41, 5.74) is 2.61. The summed E-state index contributed by atoms with van der Waals surface area (Å²) in [5.74, 6) is -0.0196. The van der Waals surface area contributed by atoms with E-state index in [1.807, 2.05) is 50.2 Å². The summed E-state index contributed by atoms with van der Waals surface area (Å²) in [4.78, 5) is 23.8. The molecule has 5 nitrogen and oxygen atoms in total. The summed E-state index contributed by atoms with van der Waals surface area (Å²) in [6.07, 6.45) is 0.621. The molecule has 0 spiro atoms. The molecule has 0 aliphatic rings. The van der Waals surface area contributed by atoms with E-state index in [0.717, 1.165) is 16.5 Å². The highest BCUT2D eigenvalue weighted by Gasteiger charge is 2.11. The van der Waals surface area contributed by atoms with Crippen LogP contribution in [0.4, 0.5) is 0 Å². The number of carbonyl (C=O) groups is 1. The first-order valence-corrected chi connectivity index (χ1v) is 8.47. The van der Waals surface area contributed by atoms with Crippen molar-refractivity contribution < 1.29 is 18.7 Å². The molecule has 0 unspecified atom stereocenters. The maximum atomic E-state index is 12.0. The fourth-order valence-corrected chi connectivity index (χ4v) is 2.80. The van der Waals surface area contributed by atoms with Crippen molar-refractivity contribution in [2.75, 3.05) is 6.61 Å². The van der Waals surface area contributed by atoms with Gasteiger partial charge in [-0.3, -0.25) is 0 Å². The highest BCUT2D eigenvalue weighted by molar-refractivity contribution is 5.82. The Morgan fingerprint density at radius 2 is 1.88 bits per heavy atom. The average Bonchev–Trinajstić information content (AvgIpc) is 2.65. The van der Waals surface area contributed by atoms with Crippen LogP contribution in [-0.4, -0.2) is 12.6 Å². The minimum absolute atomic E-state index is 0.203. The molecule has 5 heteroatoms. The van der Waals surface area contributed by atoms with Crippen molar-refractivity contribution in [1.82, 2.24) is 0 Å². The molecule has 3 aromatic rings. The van der Waals surface area contributed by atoms with Crippen LogP contribution in [-0.2, 0) is 22.6 Å². The lowest BCUT2D eigenvalue weighted by atomic mass is 10.0. The van der Waals surface area contributed by atoms with Crippen molar-refractivity contribution in [3.63, 3.8) is 0 Å². The third-order valence-electron chi connectivity index (χ3n) is 4.21. The molecule has 0 aliphatic heterocycles. The summed E-state index contributed by atoms with van der Waals surface area (Å²) in [6.45, 7) is 3.81. The maximum Gasteiger partial charge on any atom is 0.344 e. The largest absolute Gasteiger partial charge is 0.482 e. The first-order valence-electron chi connectivity index (χ1n) is 8.47. The Morgan fingerprint density at radius 3 is 2.62 bits per heavy atom. The van der Waals surface area contributed by atoms with Gasteiger partial charge >= 0.3 is 11.6 Å². The Kier molecular flexibility index (Phi) is 5.37. The third-order valence-corrected chi connectivity index (χ3v) is 4.21. The minimum Gasteiger partial charge on any atom is -0.482 e. The Hall–Kier alpha value is -3.08. The minimum atomic E-state index is -0.465. The monoisotopic (exact) mass is 352 g/mol. The second-order valence-electron chi connectivity index (χ2n) is 5.94. The predicted molar refractivity (Wildman–Crippen MR) is 98.3 cm³/mol. The van der Waals surface area contributed by atoms with Crippen molar-refractivity contribution >= 4 is 16.9 Å². The summed E-state index contributed by atoms with van der Waals surface area (Å²) in [5, 5.41) is 0.862. The van der Waals surface area contributed by atoms with Crippen LogP contribution in [0.15, 0.2) is 57.7 Å². The van der Waals surface area contributed by atoms with Gasteiger partial charge in [-0.1, -0.05) is 37.3 Å². The zero-order chi connectivity index (χ0) is 18.5. The third kappa shape index (κ3) is 3.94. The van der Waals surface area contributed by atoms with E-state index in [9.17, 15) is 9.59 Å². The average molecular weight is 352 g/mol. The van der Waals surface area contributed by atoms with Crippen LogP contribution in [0.3, 0.4) is 0 Å². The van der Waals surface area contributed by atoms with Crippen LogP contribution in [0, 0.1) is 6.92 Å². The first-order chi connectivity index (χ1) is 12.6. The van der Waals surface area contributed by atoms with Gasteiger partial charge in [0.2, 0.25) is 0 Å². The van der Waals surface area contributed by atoms with Crippen molar-refractivity contribution in [2.45, 2.75) is 26.9 Å². The van der Waals surface area contributed by atoms with Gasteiger partial charge in [-0.15, -0.1) is 0 Å². The quantitative estimate of drug-likeness (QED) is 0.499. The lowest BCUT2D eigenvalue weighted by Crippen LogP contribution is -2.15. The number of hydrogen-bond acceptors (Lipinski definition) is 5. The van der Waals surface area contributed by atoms with E-state index < -0.39 is 5.97 Å². The number of benzene rings is 2. The predicted octanol–water partition coefficient (Wildman–Crippen LogP) is 3.79. The zero-order valence-electron chi connectivity index (χ0n) is 14.8. The summed E-state index contributed by atoms with van der Waals surface area (Å²) >= 11 is 0. The van der Waals surface area contributed by atoms with Gasteiger partial charge in [0.1, 0.15) is 17.9 Å². The molecule has 0 saturated heterocycles. The topological polar surface area (TPSA) is 65.7 Å². The Labute approximate surface area is 151 Å². The molecule has 0 saturated carbocycles. The fourth-order valence-electron chi connectivity index (χ4n) is 2.80. The van der Waals surface area contributed by atoms with E-state index in [1.165, 1.54) is 0 Å². The van der Waals surface area contributed by atoms with Gasteiger partial charge in [-0.05, 0) is 36.6 Å². The number of ether oxygens (including phenoxy) is 2. The molecule has 0 N–H and O–H groups in total. The molecule has 0 aliphatic carbocycles. The Bertz CT molecular complexity index is 973. The summed E-state index contributed by atoms with van der Waals surface area (Å²) in [6, 6.07) is 14.6. The second-order valence-corrected chi connectivity index (χ2v) is 5.94. The van der Waals surface area contributed by atoms with E-state index in [0.29, 0.717) is 23.3 Å². The van der Waals surface area contributed by atoms with E-state index in [-0.39, 0.29) is 18.8 Å². The van der Waals surface area contributed by atoms with Crippen LogP contribution in [0.5, 0.6) is 5.75 Å². The number of hydrogen-bond donors (Lipinski definition) is 0. The molecule has 134 valence electrons. The number of rotatable bonds is 6. The molecule has 3 rings (SSSR count). The van der Waals surface area contributed by atoms with E-state index in [2.05, 4.69) is 0 Å². The molecular weight excluding hydrogens is 332 g/mol. The van der Waals surface area contributed by atoms with Gasteiger partial charge < -0.3 is 13.9 Å². The fraction of sp³-hybridized carbons (Fsp3) is 0.238. The smallest absolute Gasteiger partial charge is 0.344 e. The Morgan fingerprint density at radius 1 is 1.12 bits per heavy atom. The molecule has 0 bridgehead atoms. The van der Waals surface area contributed by atoms with Crippen molar-refractivity contribution in [1.29, 1.82) is 0 Å². The molecule has 2 aromatic carbocycles. The highest BCUT2D eigenvalue weighted by atomic mass is 16.6. The highest BCUT2D eigenvalue weighted by Crippen LogP contribution is 2.24. The van der Waals surface area contributed by atoms with E-state index in [1.54, 1.807) is 12.1 Å². The summed E-state index contributed by atoms with van der Waals surface area (Å²) in [7, 11) is 0. The molecule has 0 atom stereocenters. The van der Waals surface area contributed by atoms with Crippen LogP contribution < -0.4 is 10.4 Å². The number of esters is 1. The molecule has 0 fully saturated rings. The van der Waals surface area contributed by atoms with Crippen molar-refractivity contribution in [3.8, 4) is 5.75 Å². The van der Waals surface area contributed by atoms with E-state index in [4.69, 9.17) is 13.9 Å². The molecule has 0 radical (unpaired) electrons. The molecule has 0 amide bonds. The standard InChI is InChI=1S/C21H20O5/c1-3-17-14(2)18-10-9-16(11-19(18)26-21(17)23)24-13-20(22)25-12-15-7-5-4-6-8-15/h4-11H,3,12-13H2,1-2H3. The van der Waals surface area contributed by atoms with Gasteiger partial charge in [0.15, 0.2) is 6.61 Å². The number of carbonyl (C=O) groups excluding carboxylic acids is 1. The van der Waals surface area contributed by atoms with E-state index >= 15 is 0 Å². The molecule has 1 heterocycles.